The van der Waals surface area contributed by atoms with Gasteiger partial charge < -0.3 is 68.9 Å². The fourth-order valence-corrected chi connectivity index (χ4v) is 11.5. The Hall–Kier alpha value is -13.2. The van der Waals surface area contributed by atoms with E-state index in [2.05, 4.69) is 125 Å². The molecule has 0 aliphatic carbocycles. The molecule has 0 saturated heterocycles. The van der Waals surface area contributed by atoms with Crippen molar-refractivity contribution in [1.29, 1.82) is 5.26 Å². The molecule has 15 aromatic rings. The Morgan fingerprint density at radius 1 is 0.286 bits per heavy atom. The van der Waals surface area contributed by atoms with Crippen LogP contribution in [0.1, 0.15) is 5.56 Å². The van der Waals surface area contributed by atoms with E-state index in [1.165, 1.54) is 12.4 Å². The van der Waals surface area contributed by atoms with Crippen molar-refractivity contribution in [2.45, 2.75) is 0 Å². The van der Waals surface area contributed by atoms with E-state index < -0.39 is 47.1 Å². The second kappa shape index (κ2) is 56.5. The van der Waals surface area contributed by atoms with Crippen LogP contribution in [0, 0.1) is 146 Å². The van der Waals surface area contributed by atoms with Gasteiger partial charge in [-0.05, 0) is 154 Å². The van der Waals surface area contributed by atoms with Gasteiger partial charge in [-0.2, -0.15) is 160 Å². The number of hydrogen-bond donors (Lipinski definition) is 0. The Balaban J connectivity index is 0.000000204. The summed E-state index contributed by atoms with van der Waals surface area (Å²) < 4.78 is 103. The fourth-order valence-electron chi connectivity index (χ4n) is 11.5. The fraction of sp³-hybridized carbons (Fsp3) is 0.0291. The van der Waals surface area contributed by atoms with Crippen LogP contribution in [-0.2, 0) is 101 Å². The summed E-state index contributed by atoms with van der Waals surface area (Å²) in [6.07, 6.45) is 26.2. The first-order valence-electron chi connectivity index (χ1n) is 39.0. The largest absolute Gasteiger partial charge is 3.00 e. The molecule has 133 heavy (non-hydrogen) atoms. The first-order chi connectivity index (χ1) is 62.5. The van der Waals surface area contributed by atoms with E-state index in [1.54, 1.807) is 97.3 Å². The average Bonchev–Trinajstić information content (AvgIpc) is 1.59. The number of benzene rings is 9. The molecule has 20 rings (SSSR count). The van der Waals surface area contributed by atoms with E-state index in [-0.39, 0.29) is 123 Å². The standard InChI is InChI=1S/2C15H12N2.2C11H6F2N.C11H9N3.2C10H5F2N2.2C10H10N2.5Ir/c2*1-3-7-14(8-4-1)16-11-12-17(13-16)15-9-5-2-6-10-15;2*12-8-4-5-9(10(13)7-8)11-3-1-2-6-14-11;1-13-6-7-14(9-13)11-4-2-10(8-12)3-5-11;2*11-9-5-4-7(10(12)14-9)8-3-1-2-6-13-8;2*1-11-7-8-12(9-11)10-5-3-2-4-6-10;;;;;/h2*1-9,11-13H;2*1-4,6-7H;2-4,6-7,9H,1H3;2*1-3,5-6H;2*2-5,7-9H,1H3;;;;;/q2*-2;2*-1;-2;2*-1;2*-2;;4*+3. The summed E-state index contributed by atoms with van der Waals surface area (Å²) in [6, 6.07) is 111. The van der Waals surface area contributed by atoms with Crippen molar-refractivity contribution in [2.75, 3.05) is 55.4 Å². The molecular weight excluding hydrogens is 2590 g/mol. The number of anilines is 7. The summed E-state index contributed by atoms with van der Waals surface area (Å²) in [6.45, 7) is 10.0. The quantitative estimate of drug-likeness (QED) is 0.0690. The molecule has 675 valence electrons. The summed E-state index contributed by atoms with van der Waals surface area (Å²) in [5, 5.41) is 8.62. The van der Waals surface area contributed by atoms with Crippen LogP contribution in [0.2, 0.25) is 0 Å². The number of aromatic nitrogens is 6. The molecule has 1 radical (unpaired) electrons. The van der Waals surface area contributed by atoms with Gasteiger partial charge in [0, 0.05) is 85.6 Å². The number of hydrogen-bond acceptors (Lipinski definition) is 17. The van der Waals surface area contributed by atoms with Crippen molar-refractivity contribution in [3.8, 4) is 51.1 Å². The van der Waals surface area contributed by atoms with Gasteiger partial charge in [0.2, 0.25) is 0 Å². The molecular formula is C103H75F8Ir5N17-2. The van der Waals surface area contributed by atoms with Gasteiger partial charge in [0.05, 0.1) is 0 Å². The van der Waals surface area contributed by atoms with Crippen LogP contribution in [0.25, 0.3) is 45.0 Å². The molecule has 0 unspecified atom stereocenters. The summed E-state index contributed by atoms with van der Waals surface area (Å²) in [5.41, 5.74) is 10.3. The van der Waals surface area contributed by atoms with Gasteiger partial charge in [-0.25, -0.2) is 22.8 Å². The number of nitriles is 1. The maximum Gasteiger partial charge on any atom is 3.00 e. The molecule has 30 heteroatoms. The van der Waals surface area contributed by atoms with Gasteiger partial charge in [-0.15, -0.1) is 84.2 Å². The van der Waals surface area contributed by atoms with Gasteiger partial charge in [0.1, 0.15) is 23.8 Å². The van der Waals surface area contributed by atoms with Gasteiger partial charge in [-0.3, -0.25) is 27.5 Å². The zero-order chi connectivity index (χ0) is 89.6. The molecule has 0 amide bonds. The van der Waals surface area contributed by atoms with E-state index in [1.807, 2.05) is 295 Å². The third-order valence-corrected chi connectivity index (χ3v) is 17.7. The maximum atomic E-state index is 13.2. The zero-order valence-corrected chi connectivity index (χ0v) is 82.4. The van der Waals surface area contributed by atoms with Crippen molar-refractivity contribution in [2.24, 2.45) is 0 Å². The van der Waals surface area contributed by atoms with Crippen LogP contribution in [0.5, 0.6) is 0 Å². The van der Waals surface area contributed by atoms with Gasteiger partial charge in [0.15, 0.2) is 0 Å². The van der Waals surface area contributed by atoms with Crippen molar-refractivity contribution in [3.05, 3.63) is 512 Å². The van der Waals surface area contributed by atoms with Gasteiger partial charge in [-0.1, -0.05) is 137 Å². The molecule has 5 aliphatic heterocycles. The van der Waals surface area contributed by atoms with E-state index in [0.29, 0.717) is 28.3 Å². The normalized spacial score (nSPS) is 12.3. The minimum absolute atomic E-state index is 0. The first kappa shape index (κ1) is 107. The van der Waals surface area contributed by atoms with Crippen LogP contribution < -0.4 is 34.3 Å². The molecule has 11 heterocycles. The van der Waals surface area contributed by atoms with Crippen LogP contribution in [-0.4, -0.2) is 65.7 Å². The third-order valence-electron chi connectivity index (χ3n) is 17.7. The monoisotopic (exact) mass is 2670 g/mol. The van der Waals surface area contributed by atoms with Gasteiger partial charge >= 0.3 is 80.4 Å². The number of para-hydroxylation sites is 6. The minimum Gasteiger partial charge on any atom is -0.510 e. The summed E-state index contributed by atoms with van der Waals surface area (Å²) in [7, 11) is 5.96. The Bertz CT molecular complexity index is 5520. The summed E-state index contributed by atoms with van der Waals surface area (Å²) in [4.78, 5) is 42.0. The van der Waals surface area contributed by atoms with E-state index in [9.17, 15) is 35.1 Å². The van der Waals surface area contributed by atoms with Crippen molar-refractivity contribution in [1.82, 2.24) is 44.6 Å². The molecule has 6 aromatic heterocycles. The molecule has 0 spiro atoms. The molecule has 0 bridgehead atoms. The molecule has 0 saturated carbocycles. The van der Waals surface area contributed by atoms with E-state index in [0.717, 1.165) is 76.2 Å². The number of nitrogens with zero attached hydrogens (tertiary/aromatic N) is 17. The van der Waals surface area contributed by atoms with E-state index >= 15 is 0 Å². The van der Waals surface area contributed by atoms with Crippen molar-refractivity contribution < 1.29 is 136 Å². The Kier molecular flexibility index (Phi) is 45.3. The second-order valence-electron chi connectivity index (χ2n) is 26.9. The molecule has 0 N–H and O–H groups in total. The predicted molar refractivity (Wildman–Crippen MR) is 481 cm³/mol. The summed E-state index contributed by atoms with van der Waals surface area (Å²) >= 11 is 0. The van der Waals surface area contributed by atoms with Crippen LogP contribution in [0.15, 0.2) is 372 Å². The topological polar surface area (TPSA) is 134 Å². The molecule has 17 nitrogen and oxygen atoms in total. The van der Waals surface area contributed by atoms with Gasteiger partial charge in [0.25, 0.3) is 0 Å². The smallest absolute Gasteiger partial charge is 0.510 e. The molecule has 0 fully saturated rings. The predicted octanol–water partition coefficient (Wildman–Crippen LogP) is 22.3. The Morgan fingerprint density at radius 2 is 0.571 bits per heavy atom. The average molecular weight is 2660 g/mol. The number of rotatable bonds is 11. The van der Waals surface area contributed by atoms with Crippen molar-refractivity contribution in [3.63, 3.8) is 0 Å². The molecule has 5 aliphatic rings. The van der Waals surface area contributed by atoms with Crippen LogP contribution in [0.4, 0.5) is 74.9 Å². The van der Waals surface area contributed by atoms with Crippen LogP contribution in [0.3, 0.4) is 0 Å². The summed E-state index contributed by atoms with van der Waals surface area (Å²) in [5.74, 6) is -6.14. The van der Waals surface area contributed by atoms with Crippen LogP contribution >= 0.6 is 0 Å². The molecule has 0 atom stereocenters. The van der Waals surface area contributed by atoms with E-state index in [4.69, 9.17) is 5.26 Å². The second-order valence-corrected chi connectivity index (χ2v) is 26.9. The third kappa shape index (κ3) is 33.5. The first-order valence-corrected chi connectivity index (χ1v) is 39.0. The Labute approximate surface area is 837 Å². The Morgan fingerprint density at radius 3 is 0.835 bits per heavy atom. The minimum atomic E-state index is -0.899. The number of halogens is 8. The maximum absolute atomic E-state index is 13.2. The number of pyridine rings is 6. The SMILES string of the molecule is CN1C=CN(c2[c-]cc(C#N)cc2)[CH-]1.CN1C=CN(c2[c-]cccc2)[CH-]1.CN1C=CN(c2[c-]cccc2)[CH-]1.Fc1c[c-]c(-c2ccccn2)c(F)c1.Fc1c[c-]c(-c2ccccn2)c(F)c1.Fc1c[c-]c(-c2ccccn2)c(F)n1.Fc1c[c-]c(-c2ccccn2)c(F)n1.[Ir+3].[Ir+3].[Ir+3].[Ir+3].[Ir].[c-]1ccccc1N1C=CN(c2ccccc2)[CH-]1.[c-]1ccccc1N1C=CN(c2ccccc2)[CH-]1. The van der Waals surface area contributed by atoms with Crippen molar-refractivity contribution >= 4 is 39.8 Å². The zero-order valence-electron chi connectivity index (χ0n) is 70.4. The molecule has 9 aromatic carbocycles.